The predicted octanol–water partition coefficient (Wildman–Crippen LogP) is 2.61. The van der Waals surface area contributed by atoms with Gasteiger partial charge in [-0.05, 0) is 41.4 Å². The van der Waals surface area contributed by atoms with Gasteiger partial charge in [-0.3, -0.25) is 9.69 Å². The molecule has 1 aliphatic rings. The summed E-state index contributed by atoms with van der Waals surface area (Å²) in [4.78, 5) is 27.7. The summed E-state index contributed by atoms with van der Waals surface area (Å²) in [7, 11) is 0. The zero-order chi connectivity index (χ0) is 16.2. The van der Waals surface area contributed by atoms with Crippen molar-refractivity contribution in [2.24, 2.45) is 0 Å². The lowest BCUT2D eigenvalue weighted by Crippen LogP contribution is -2.39. The standard InChI is InChI=1S/C17H19N3O2S/c1-13-2-4-15(5-3-13)20-8-7-19(17(20)22)11-16(21)18-10-14-6-9-23-12-14/h2-6,9,12H,7-8,10-11H2,1H3,(H,18,21). The van der Waals surface area contributed by atoms with Gasteiger partial charge in [0.1, 0.15) is 6.54 Å². The van der Waals surface area contributed by atoms with Crippen LogP contribution in [0.4, 0.5) is 10.5 Å². The van der Waals surface area contributed by atoms with E-state index in [9.17, 15) is 9.59 Å². The van der Waals surface area contributed by atoms with Crippen LogP contribution < -0.4 is 10.2 Å². The number of nitrogens with zero attached hydrogens (tertiary/aromatic N) is 2. The highest BCUT2D eigenvalue weighted by Gasteiger charge is 2.30. The van der Waals surface area contributed by atoms with Crippen LogP contribution in [0.1, 0.15) is 11.1 Å². The third-order valence-electron chi connectivity index (χ3n) is 3.84. The summed E-state index contributed by atoms with van der Waals surface area (Å²) in [6, 6.07) is 9.71. The predicted molar refractivity (Wildman–Crippen MR) is 91.7 cm³/mol. The van der Waals surface area contributed by atoms with Gasteiger partial charge < -0.3 is 10.2 Å². The fourth-order valence-electron chi connectivity index (χ4n) is 2.52. The van der Waals surface area contributed by atoms with Gasteiger partial charge in [0, 0.05) is 25.3 Å². The van der Waals surface area contributed by atoms with E-state index in [4.69, 9.17) is 0 Å². The van der Waals surface area contributed by atoms with Crippen LogP contribution in [0, 0.1) is 6.92 Å². The Bertz CT molecular complexity index is 682. The van der Waals surface area contributed by atoms with Crippen molar-refractivity contribution in [2.45, 2.75) is 13.5 Å². The molecule has 0 unspecified atom stereocenters. The zero-order valence-corrected chi connectivity index (χ0v) is 13.8. The van der Waals surface area contributed by atoms with E-state index in [2.05, 4.69) is 5.32 Å². The number of anilines is 1. The minimum absolute atomic E-state index is 0.103. The molecule has 1 aromatic carbocycles. The summed E-state index contributed by atoms with van der Waals surface area (Å²) in [6.45, 7) is 3.80. The van der Waals surface area contributed by atoms with Crippen molar-refractivity contribution in [3.05, 3.63) is 52.2 Å². The molecule has 0 atom stereocenters. The lowest BCUT2D eigenvalue weighted by molar-refractivity contribution is -0.121. The molecule has 3 amide bonds. The molecule has 2 heterocycles. The zero-order valence-electron chi connectivity index (χ0n) is 13.0. The van der Waals surface area contributed by atoms with Crippen LogP contribution in [0.15, 0.2) is 41.1 Å². The van der Waals surface area contributed by atoms with Crippen LogP contribution in [-0.4, -0.2) is 36.5 Å². The maximum atomic E-state index is 12.4. The van der Waals surface area contributed by atoms with Gasteiger partial charge in [0.15, 0.2) is 0 Å². The Morgan fingerprint density at radius 2 is 2.00 bits per heavy atom. The molecular weight excluding hydrogens is 310 g/mol. The molecule has 6 heteroatoms. The first-order valence-corrected chi connectivity index (χ1v) is 8.48. The number of carbonyl (C=O) groups is 2. The number of urea groups is 1. The van der Waals surface area contributed by atoms with Crippen molar-refractivity contribution in [1.29, 1.82) is 0 Å². The SMILES string of the molecule is Cc1ccc(N2CCN(CC(=O)NCc3ccsc3)C2=O)cc1. The molecular formula is C17H19N3O2S. The van der Waals surface area contributed by atoms with Crippen molar-refractivity contribution in [1.82, 2.24) is 10.2 Å². The topological polar surface area (TPSA) is 52.6 Å². The van der Waals surface area contributed by atoms with Crippen molar-refractivity contribution in [3.8, 4) is 0 Å². The average Bonchev–Trinajstić information content (AvgIpc) is 3.18. The van der Waals surface area contributed by atoms with E-state index in [1.54, 1.807) is 21.1 Å². The molecule has 1 N–H and O–H groups in total. The van der Waals surface area contributed by atoms with E-state index in [-0.39, 0.29) is 18.5 Å². The van der Waals surface area contributed by atoms with E-state index in [0.717, 1.165) is 16.8 Å². The minimum Gasteiger partial charge on any atom is -0.350 e. The molecule has 2 aromatic rings. The number of aryl methyl sites for hydroxylation is 1. The van der Waals surface area contributed by atoms with Gasteiger partial charge in [0.25, 0.3) is 0 Å². The number of hydrogen-bond donors (Lipinski definition) is 1. The summed E-state index contributed by atoms with van der Waals surface area (Å²) >= 11 is 1.60. The molecule has 0 radical (unpaired) electrons. The number of rotatable bonds is 5. The van der Waals surface area contributed by atoms with Crippen molar-refractivity contribution in [3.63, 3.8) is 0 Å². The number of benzene rings is 1. The highest BCUT2D eigenvalue weighted by Crippen LogP contribution is 2.20. The Morgan fingerprint density at radius 1 is 1.22 bits per heavy atom. The third-order valence-corrected chi connectivity index (χ3v) is 4.58. The fraction of sp³-hybridized carbons (Fsp3) is 0.294. The van der Waals surface area contributed by atoms with Crippen molar-refractivity contribution in [2.75, 3.05) is 24.5 Å². The number of hydrogen-bond acceptors (Lipinski definition) is 3. The first-order chi connectivity index (χ1) is 11.1. The summed E-state index contributed by atoms with van der Waals surface area (Å²) in [5, 5.41) is 6.83. The van der Waals surface area contributed by atoms with Crippen LogP contribution in [0.2, 0.25) is 0 Å². The second-order valence-electron chi connectivity index (χ2n) is 5.60. The van der Waals surface area contributed by atoms with Gasteiger partial charge in [0.2, 0.25) is 5.91 Å². The van der Waals surface area contributed by atoms with Crippen LogP contribution in [0.5, 0.6) is 0 Å². The number of carbonyl (C=O) groups excluding carboxylic acids is 2. The number of thiophene rings is 1. The normalized spacial score (nSPS) is 14.4. The van der Waals surface area contributed by atoms with E-state index in [0.29, 0.717) is 19.6 Å². The van der Waals surface area contributed by atoms with Crippen LogP contribution in [0.3, 0.4) is 0 Å². The number of amides is 3. The largest absolute Gasteiger partial charge is 0.350 e. The molecule has 1 saturated heterocycles. The van der Waals surface area contributed by atoms with Crippen molar-refractivity contribution >= 4 is 29.0 Å². The maximum Gasteiger partial charge on any atom is 0.325 e. The van der Waals surface area contributed by atoms with Gasteiger partial charge in [-0.15, -0.1) is 0 Å². The van der Waals surface area contributed by atoms with Crippen LogP contribution in [0.25, 0.3) is 0 Å². The van der Waals surface area contributed by atoms with E-state index in [1.165, 1.54) is 0 Å². The Labute approximate surface area is 139 Å². The molecule has 23 heavy (non-hydrogen) atoms. The van der Waals surface area contributed by atoms with E-state index >= 15 is 0 Å². The third kappa shape index (κ3) is 3.71. The molecule has 0 aliphatic carbocycles. The fourth-order valence-corrected chi connectivity index (χ4v) is 3.19. The quantitative estimate of drug-likeness (QED) is 0.917. The number of nitrogens with one attached hydrogen (secondary N) is 1. The van der Waals surface area contributed by atoms with E-state index < -0.39 is 0 Å². The molecule has 3 rings (SSSR count). The van der Waals surface area contributed by atoms with Crippen LogP contribution >= 0.6 is 11.3 Å². The second-order valence-corrected chi connectivity index (χ2v) is 6.38. The van der Waals surface area contributed by atoms with Gasteiger partial charge >= 0.3 is 6.03 Å². The van der Waals surface area contributed by atoms with Crippen molar-refractivity contribution < 1.29 is 9.59 Å². The average molecular weight is 329 g/mol. The molecule has 120 valence electrons. The Kier molecular flexibility index (Phi) is 4.62. The lowest BCUT2D eigenvalue weighted by atomic mass is 10.2. The molecule has 1 aromatic heterocycles. The highest BCUT2D eigenvalue weighted by atomic mass is 32.1. The van der Waals surface area contributed by atoms with E-state index in [1.807, 2.05) is 48.0 Å². The van der Waals surface area contributed by atoms with Gasteiger partial charge in [-0.1, -0.05) is 17.7 Å². The maximum absolute atomic E-state index is 12.4. The summed E-state index contributed by atoms with van der Waals surface area (Å²) in [6.07, 6.45) is 0. The Morgan fingerprint density at radius 3 is 2.70 bits per heavy atom. The Hall–Kier alpha value is -2.34. The smallest absolute Gasteiger partial charge is 0.325 e. The highest BCUT2D eigenvalue weighted by molar-refractivity contribution is 7.07. The summed E-state index contributed by atoms with van der Waals surface area (Å²) < 4.78 is 0. The van der Waals surface area contributed by atoms with Gasteiger partial charge in [-0.25, -0.2) is 4.79 Å². The minimum atomic E-state index is -0.129. The lowest BCUT2D eigenvalue weighted by Gasteiger charge is -2.18. The molecule has 5 nitrogen and oxygen atoms in total. The monoisotopic (exact) mass is 329 g/mol. The van der Waals surface area contributed by atoms with Gasteiger partial charge in [0.05, 0.1) is 0 Å². The molecule has 0 bridgehead atoms. The first-order valence-electron chi connectivity index (χ1n) is 7.54. The first kappa shape index (κ1) is 15.6. The summed E-state index contributed by atoms with van der Waals surface area (Å²) in [5.74, 6) is -0.129. The second kappa shape index (κ2) is 6.83. The molecule has 0 spiro atoms. The molecule has 0 saturated carbocycles. The Balaban J connectivity index is 1.54. The summed E-state index contributed by atoms with van der Waals surface area (Å²) in [5.41, 5.74) is 3.12. The molecule has 1 fully saturated rings. The van der Waals surface area contributed by atoms with Gasteiger partial charge in [-0.2, -0.15) is 11.3 Å². The molecule has 1 aliphatic heterocycles. The van der Waals surface area contributed by atoms with Crippen LogP contribution in [-0.2, 0) is 11.3 Å².